The largest absolute Gasteiger partial charge is 0.333 e. The molecule has 10 N–H and O–H groups in total. The fourth-order valence-electron chi connectivity index (χ4n) is 20.3. The molecule has 134 heavy (non-hydrogen) atoms. The van der Waals surface area contributed by atoms with Gasteiger partial charge in [0, 0.05) is 92.9 Å². The van der Waals surface area contributed by atoms with Gasteiger partial charge in [-0.15, -0.1) is 0 Å². The molecule has 10 amide bonds. The number of nitrogens with zero attached hydrogens (tertiary/aromatic N) is 5. The molecule has 2 atom stereocenters. The van der Waals surface area contributed by atoms with E-state index in [4.69, 9.17) is 0 Å². The summed E-state index contributed by atoms with van der Waals surface area (Å²) in [6.45, 7) is 46.8. The normalized spacial score (nSPS) is 19.7. The summed E-state index contributed by atoms with van der Waals surface area (Å²) in [6.07, 6.45) is 20.5. The number of benzene rings is 5. The zero-order valence-electron chi connectivity index (χ0n) is 83.3. The van der Waals surface area contributed by atoms with Crippen LogP contribution in [0.3, 0.4) is 0 Å². The van der Waals surface area contributed by atoms with E-state index < -0.39 is 81.2 Å². The molecule has 0 spiro atoms. The van der Waals surface area contributed by atoms with E-state index in [2.05, 4.69) is 152 Å². The van der Waals surface area contributed by atoms with Crippen LogP contribution < -0.4 is 50.2 Å². The molecule has 5 saturated heterocycles. The lowest BCUT2D eigenvalue weighted by atomic mass is 9.90. The van der Waals surface area contributed by atoms with E-state index in [0.29, 0.717) is 99.0 Å². The highest BCUT2D eigenvalue weighted by molar-refractivity contribution is 7.88. The molecule has 2 unspecified atom stereocenters. The number of para-hydroxylation sites is 1. The third-order valence-electron chi connectivity index (χ3n) is 27.8. The minimum Gasteiger partial charge on any atom is -0.307 e. The summed E-state index contributed by atoms with van der Waals surface area (Å²) in [5, 5.41) is 14.2. The summed E-state index contributed by atoms with van der Waals surface area (Å²) in [5.74, 6) is 3.81. The van der Waals surface area contributed by atoms with Crippen molar-refractivity contribution >= 4 is 110 Å². The summed E-state index contributed by atoms with van der Waals surface area (Å²) in [7, 11) is -19.1. The molecule has 0 radical (unpaired) electrons. The van der Waals surface area contributed by atoms with Gasteiger partial charge in [0.15, 0.2) is 0 Å². The minimum absolute atomic E-state index is 0.116. The van der Waals surface area contributed by atoms with Crippen LogP contribution in [-0.2, 0) is 102 Å². The van der Waals surface area contributed by atoms with Crippen molar-refractivity contribution < 1.29 is 66.1 Å². The van der Waals surface area contributed by atoms with E-state index in [1.54, 1.807) is 0 Å². The SMILES string of the molecule is CC1CC(C)N(S(=O)(=O)NC(=O)Nc2c3c(cc4c2CCC4)CCC3)C(C)C1.CC1CCN(S(=O)(=O)NC(=O)Nc2c(C(C)C)cccc2C(C)C)CC1.CC1CCN(S(=O)(=O)NC(=O)Nc2c3c(cc4c2CCC4)CCC3)CC1.Cc1cc(C(C)C)c(NC(=O)NS(=O)(=O)N2CCC(C)CC2)c(C(C)C)c1.Cc1cc(C(C)C)c(NC(=O)NS(=O)(=O)N2CCC(C)CC2)c(C(C)C)c1. The Balaban J connectivity index is 0.000000173. The van der Waals surface area contributed by atoms with Crippen LogP contribution >= 0.6 is 0 Å². The number of carbonyl (C=O) groups excluding carboxylic acids is 5. The van der Waals surface area contributed by atoms with Crippen molar-refractivity contribution in [3.05, 3.63) is 144 Å². The predicted molar refractivity (Wildman–Crippen MR) is 539 cm³/mol. The van der Waals surface area contributed by atoms with Crippen LogP contribution in [0.2, 0.25) is 0 Å². The number of amides is 10. The van der Waals surface area contributed by atoms with E-state index >= 15 is 0 Å². The Bertz CT molecular complexity index is 5310. The van der Waals surface area contributed by atoms with Crippen molar-refractivity contribution in [2.24, 2.45) is 29.6 Å². The summed E-state index contributed by atoms with van der Waals surface area (Å²) in [4.78, 5) is 62.8. The van der Waals surface area contributed by atoms with Gasteiger partial charge < -0.3 is 26.6 Å². The van der Waals surface area contributed by atoms with Gasteiger partial charge >= 0.3 is 81.2 Å². The van der Waals surface area contributed by atoms with Crippen LogP contribution in [0.1, 0.15) is 346 Å². The van der Waals surface area contributed by atoms with E-state index in [1.807, 2.05) is 97.9 Å². The van der Waals surface area contributed by atoms with Gasteiger partial charge in [0.05, 0.1) is 0 Å². The number of anilines is 5. The lowest BCUT2D eigenvalue weighted by Crippen LogP contribution is -2.55. The number of urea groups is 5. The topological polar surface area (TPSA) is 393 Å². The molecule has 5 heterocycles. The summed E-state index contributed by atoms with van der Waals surface area (Å²) in [6, 6.07) is 15.0. The molecular formula is C99H155N15O15S5. The Hall–Kier alpha value is -8.00. The van der Waals surface area contributed by atoms with Crippen molar-refractivity contribution in [2.45, 2.75) is 334 Å². The third kappa shape index (κ3) is 28.4. The van der Waals surface area contributed by atoms with Crippen LogP contribution in [0, 0.1) is 43.4 Å². The van der Waals surface area contributed by atoms with Crippen molar-refractivity contribution in [1.82, 2.24) is 45.1 Å². The molecule has 4 aliphatic carbocycles. The first-order valence-corrected chi connectivity index (χ1v) is 56.3. The maximum atomic E-state index is 12.9. The van der Waals surface area contributed by atoms with Crippen LogP contribution in [0.25, 0.3) is 0 Å². The fraction of sp³-hybridized carbons (Fsp3) is 0.646. The molecule has 14 rings (SSSR count). The van der Waals surface area contributed by atoms with Crippen molar-refractivity contribution in [1.29, 1.82) is 0 Å². The summed E-state index contributed by atoms with van der Waals surface area (Å²) >= 11 is 0. The van der Waals surface area contributed by atoms with Gasteiger partial charge in [0.25, 0.3) is 0 Å². The maximum Gasteiger partial charge on any atom is 0.333 e. The molecule has 9 aliphatic rings. The van der Waals surface area contributed by atoms with Gasteiger partial charge in [-0.2, -0.15) is 63.6 Å². The van der Waals surface area contributed by atoms with Crippen LogP contribution in [0.15, 0.2) is 54.6 Å². The third-order valence-corrected chi connectivity index (χ3v) is 35.4. The number of carbonyl (C=O) groups is 5. The Morgan fingerprint density at radius 2 is 0.493 bits per heavy atom. The number of aryl methyl sites for hydroxylation is 6. The molecule has 5 aromatic carbocycles. The zero-order chi connectivity index (χ0) is 98.6. The molecule has 5 fully saturated rings. The second kappa shape index (κ2) is 46.6. The first kappa shape index (κ1) is 108. The zero-order valence-corrected chi connectivity index (χ0v) is 87.4. The Kier molecular flexibility index (Phi) is 37.6. The average molecular weight is 1960 g/mol. The van der Waals surface area contributed by atoms with E-state index in [1.165, 1.54) is 66.0 Å². The van der Waals surface area contributed by atoms with Crippen molar-refractivity contribution in [3.8, 4) is 0 Å². The second-order valence-corrected chi connectivity index (χ2v) is 49.3. The lowest BCUT2D eigenvalue weighted by molar-refractivity contribution is 0.161. The van der Waals surface area contributed by atoms with Gasteiger partial charge in [-0.05, 0) is 312 Å². The van der Waals surface area contributed by atoms with Gasteiger partial charge in [-0.25, -0.2) is 47.6 Å². The second-order valence-electron chi connectivity index (χ2n) is 41.1. The van der Waals surface area contributed by atoms with E-state index in [-0.39, 0.29) is 47.6 Å². The summed E-state index contributed by atoms with van der Waals surface area (Å²) < 4.78 is 144. The average Bonchev–Trinajstić information content (AvgIpc) is 1.63. The lowest BCUT2D eigenvalue weighted by Gasteiger charge is -2.40. The number of nitrogens with one attached hydrogen (secondary N) is 10. The van der Waals surface area contributed by atoms with Crippen molar-refractivity contribution in [3.63, 3.8) is 0 Å². The number of rotatable bonds is 21. The number of hydrogen-bond acceptors (Lipinski definition) is 15. The maximum absolute atomic E-state index is 12.9. The fourth-order valence-corrected chi connectivity index (χ4v) is 26.2. The van der Waals surface area contributed by atoms with Crippen LogP contribution in [0.4, 0.5) is 52.4 Å². The van der Waals surface area contributed by atoms with E-state index in [0.717, 1.165) is 197 Å². The monoisotopic (exact) mass is 1950 g/mol. The molecular weight excluding hydrogens is 1800 g/mol. The Morgan fingerprint density at radius 3 is 0.716 bits per heavy atom. The van der Waals surface area contributed by atoms with Gasteiger partial charge in [-0.3, -0.25) is 0 Å². The first-order chi connectivity index (χ1) is 62.8. The standard InChI is InChI=1S/C21H31N3O3S.2C20H33N3O3S.C19H27N3O3S.C19H31N3O3S/c1-13-10-14(2)24(15(3)11-13)28(26,27)23-21(25)22-20-18-8-4-6-16(18)12-17-7-5-9-19(17)20;2*1-13(2)17-11-16(6)12-18(14(3)4)19(17)21-20(24)22-27(25,26)23-9-7-15(5)8-10-23;1-13-8-10-22(11-9-13)26(24,25)21-19(23)20-18-16-6-2-4-14(16)12-15-5-3-7-17(15)18;1-13(2)16-7-6-8-17(14(3)4)18(16)20-19(23)21-26(24,25)22-11-9-15(5)10-12-22/h12-15H,4-11H2,1-3H3,(H2,22,23,25);2*11-15H,7-10H2,1-6H3,(H2,21,22,24);12-13H,2-11H2,1H3,(H2,20,21,23);6-8,13-15H,9-12H2,1-5H3,(H2,20,21,23). The number of fused-ring (bicyclic) bond motifs is 4. The van der Waals surface area contributed by atoms with Crippen LogP contribution in [0.5, 0.6) is 0 Å². The first-order valence-electron chi connectivity index (χ1n) is 49.1. The Labute approximate surface area is 801 Å². The van der Waals surface area contributed by atoms with Crippen LogP contribution in [-0.4, -0.2) is 158 Å². The van der Waals surface area contributed by atoms with E-state index in [9.17, 15) is 66.1 Å². The van der Waals surface area contributed by atoms with Gasteiger partial charge in [-0.1, -0.05) is 183 Å². The van der Waals surface area contributed by atoms with Gasteiger partial charge in [0.1, 0.15) is 0 Å². The summed E-state index contributed by atoms with van der Waals surface area (Å²) in [5.41, 5.74) is 22.2. The smallest absolute Gasteiger partial charge is 0.307 e. The Morgan fingerprint density at radius 1 is 0.284 bits per heavy atom. The molecule has 0 aromatic heterocycles. The molecule has 5 aromatic rings. The highest BCUT2D eigenvalue weighted by Crippen LogP contribution is 2.43. The van der Waals surface area contributed by atoms with Gasteiger partial charge in [0.2, 0.25) is 0 Å². The number of piperidine rings is 5. The van der Waals surface area contributed by atoms with Crippen molar-refractivity contribution in [2.75, 3.05) is 78.9 Å². The molecule has 30 nitrogen and oxygen atoms in total. The molecule has 5 aliphatic heterocycles. The highest BCUT2D eigenvalue weighted by atomic mass is 32.2. The predicted octanol–water partition coefficient (Wildman–Crippen LogP) is 19.0. The molecule has 35 heteroatoms. The number of hydrogen-bond donors (Lipinski definition) is 10. The molecule has 746 valence electrons. The molecule has 0 saturated carbocycles. The minimum atomic E-state index is -3.88. The highest BCUT2D eigenvalue weighted by Gasteiger charge is 2.40. The quantitative estimate of drug-likeness (QED) is 0.0326. The molecule has 0 bridgehead atoms.